The van der Waals surface area contributed by atoms with E-state index in [4.69, 9.17) is 0 Å². The first kappa shape index (κ1) is 16.8. The molecule has 0 aromatic heterocycles. The molecule has 1 atom stereocenters. The van der Waals surface area contributed by atoms with Crippen LogP contribution in [0.4, 0.5) is 0 Å². The molecule has 0 aliphatic heterocycles. The van der Waals surface area contributed by atoms with E-state index >= 15 is 0 Å². The van der Waals surface area contributed by atoms with Gasteiger partial charge in [-0.05, 0) is 70.4 Å². The number of nitrogens with zero attached hydrogens (tertiary/aromatic N) is 2. The molecule has 0 radical (unpaired) electrons. The van der Waals surface area contributed by atoms with Gasteiger partial charge in [-0.2, -0.15) is 5.26 Å². The molecular formula is C18H33N3. The smallest absolute Gasteiger partial charge is 0.106 e. The maximum absolute atomic E-state index is 9.59. The summed E-state index contributed by atoms with van der Waals surface area (Å²) in [6.45, 7) is 9.18. The number of hydrogen-bond donors (Lipinski definition) is 1. The number of nitrogens with one attached hydrogen (secondary N) is 1. The Morgan fingerprint density at radius 1 is 1.24 bits per heavy atom. The van der Waals surface area contributed by atoms with E-state index in [0.29, 0.717) is 6.04 Å². The lowest BCUT2D eigenvalue weighted by Crippen LogP contribution is -2.45. The van der Waals surface area contributed by atoms with E-state index in [1.807, 2.05) is 0 Å². The summed E-state index contributed by atoms with van der Waals surface area (Å²) >= 11 is 0. The molecule has 21 heavy (non-hydrogen) atoms. The minimum atomic E-state index is -0.269. The maximum Gasteiger partial charge on any atom is 0.106 e. The molecule has 0 amide bonds. The molecule has 0 spiro atoms. The molecule has 0 aromatic carbocycles. The minimum absolute atomic E-state index is 0.269. The molecule has 0 bridgehead atoms. The maximum atomic E-state index is 9.59. The monoisotopic (exact) mass is 291 g/mol. The van der Waals surface area contributed by atoms with Crippen LogP contribution in [0.25, 0.3) is 0 Å². The van der Waals surface area contributed by atoms with Crippen molar-refractivity contribution in [3.8, 4) is 6.07 Å². The van der Waals surface area contributed by atoms with Crippen molar-refractivity contribution in [2.45, 2.75) is 89.8 Å². The zero-order valence-electron chi connectivity index (χ0n) is 14.2. The Bertz CT molecular complexity index is 352. The topological polar surface area (TPSA) is 39.1 Å². The first-order chi connectivity index (χ1) is 10.1. The average Bonchev–Trinajstić information content (AvgIpc) is 3.35. The van der Waals surface area contributed by atoms with E-state index in [0.717, 1.165) is 31.2 Å². The Morgan fingerprint density at radius 2 is 1.95 bits per heavy atom. The fourth-order valence-corrected chi connectivity index (χ4v) is 3.06. The van der Waals surface area contributed by atoms with Gasteiger partial charge in [-0.1, -0.05) is 20.8 Å². The molecule has 2 saturated carbocycles. The van der Waals surface area contributed by atoms with Crippen molar-refractivity contribution in [2.24, 2.45) is 5.92 Å². The van der Waals surface area contributed by atoms with Gasteiger partial charge < -0.3 is 4.90 Å². The third-order valence-corrected chi connectivity index (χ3v) is 4.98. The third kappa shape index (κ3) is 5.60. The SMILES string of the molecule is CCC(C#N)(CCCN(CCC(C)C)C1CC1)NC1CC1. The van der Waals surface area contributed by atoms with E-state index in [-0.39, 0.29) is 5.54 Å². The van der Waals surface area contributed by atoms with Crippen LogP contribution in [0.15, 0.2) is 0 Å². The van der Waals surface area contributed by atoms with Crippen molar-refractivity contribution in [1.29, 1.82) is 5.26 Å². The summed E-state index contributed by atoms with van der Waals surface area (Å²) in [5, 5.41) is 13.2. The van der Waals surface area contributed by atoms with E-state index < -0.39 is 0 Å². The number of hydrogen-bond acceptors (Lipinski definition) is 3. The van der Waals surface area contributed by atoms with Gasteiger partial charge in [0.25, 0.3) is 0 Å². The second-order valence-electron chi connectivity index (χ2n) is 7.52. The summed E-state index contributed by atoms with van der Waals surface area (Å²) in [5.41, 5.74) is -0.269. The highest BCUT2D eigenvalue weighted by Gasteiger charge is 2.35. The zero-order chi connectivity index (χ0) is 15.3. The summed E-state index contributed by atoms with van der Waals surface area (Å²) in [6.07, 6.45) is 9.66. The van der Waals surface area contributed by atoms with Crippen LogP contribution in [0.5, 0.6) is 0 Å². The van der Waals surface area contributed by atoms with Crippen LogP contribution in [0.3, 0.4) is 0 Å². The van der Waals surface area contributed by atoms with Gasteiger partial charge in [0.1, 0.15) is 5.54 Å². The van der Waals surface area contributed by atoms with E-state index in [9.17, 15) is 5.26 Å². The predicted molar refractivity (Wildman–Crippen MR) is 88.1 cm³/mol. The van der Waals surface area contributed by atoms with E-state index in [2.05, 4.69) is 37.1 Å². The summed E-state index contributed by atoms with van der Waals surface area (Å²) < 4.78 is 0. The summed E-state index contributed by atoms with van der Waals surface area (Å²) in [4.78, 5) is 2.68. The average molecular weight is 291 g/mol. The van der Waals surface area contributed by atoms with Crippen LogP contribution >= 0.6 is 0 Å². The highest BCUT2D eigenvalue weighted by atomic mass is 15.2. The van der Waals surface area contributed by atoms with Crippen LogP contribution in [0, 0.1) is 17.2 Å². The van der Waals surface area contributed by atoms with Gasteiger partial charge in [-0.15, -0.1) is 0 Å². The van der Waals surface area contributed by atoms with Gasteiger partial charge in [-0.3, -0.25) is 5.32 Å². The third-order valence-electron chi connectivity index (χ3n) is 4.98. The highest BCUT2D eigenvalue weighted by molar-refractivity contribution is 5.09. The van der Waals surface area contributed by atoms with Gasteiger partial charge in [0.05, 0.1) is 6.07 Å². The minimum Gasteiger partial charge on any atom is -0.300 e. The second kappa shape index (κ2) is 7.61. The van der Waals surface area contributed by atoms with Crippen LogP contribution in [-0.2, 0) is 0 Å². The fourth-order valence-electron chi connectivity index (χ4n) is 3.06. The first-order valence-electron chi connectivity index (χ1n) is 9.01. The van der Waals surface area contributed by atoms with Crippen molar-refractivity contribution in [3.63, 3.8) is 0 Å². The van der Waals surface area contributed by atoms with Crippen molar-refractivity contribution < 1.29 is 0 Å². The van der Waals surface area contributed by atoms with Crippen LogP contribution < -0.4 is 5.32 Å². The Labute approximate surface area is 131 Å². The lowest BCUT2D eigenvalue weighted by atomic mass is 9.91. The lowest BCUT2D eigenvalue weighted by molar-refractivity contribution is 0.231. The standard InChI is InChI=1S/C18H33N3/c1-4-18(14-19,20-16-6-7-16)11-5-12-21(17-8-9-17)13-10-15(2)3/h15-17,20H,4-13H2,1-3H3. The Kier molecular flexibility index (Phi) is 6.08. The molecule has 120 valence electrons. The molecule has 3 nitrogen and oxygen atoms in total. The van der Waals surface area contributed by atoms with Gasteiger partial charge in [0, 0.05) is 12.1 Å². The Morgan fingerprint density at radius 3 is 2.43 bits per heavy atom. The first-order valence-corrected chi connectivity index (χ1v) is 9.01. The lowest BCUT2D eigenvalue weighted by Gasteiger charge is -2.29. The van der Waals surface area contributed by atoms with E-state index in [1.165, 1.54) is 45.2 Å². The molecule has 2 aliphatic rings. The molecule has 2 rings (SSSR count). The quantitative estimate of drug-likeness (QED) is 0.631. The molecular weight excluding hydrogens is 258 g/mol. The van der Waals surface area contributed by atoms with Crippen molar-refractivity contribution >= 4 is 0 Å². The summed E-state index contributed by atoms with van der Waals surface area (Å²) in [6, 6.07) is 4.04. The molecule has 1 unspecified atom stereocenters. The molecule has 0 aromatic rings. The normalized spacial score (nSPS) is 21.5. The number of rotatable bonds is 11. The summed E-state index contributed by atoms with van der Waals surface area (Å²) in [5.74, 6) is 0.789. The molecule has 0 heterocycles. The van der Waals surface area contributed by atoms with Gasteiger partial charge in [0.2, 0.25) is 0 Å². The molecule has 1 N–H and O–H groups in total. The van der Waals surface area contributed by atoms with Crippen LogP contribution in [-0.4, -0.2) is 35.6 Å². The van der Waals surface area contributed by atoms with Gasteiger partial charge in [0.15, 0.2) is 0 Å². The Hall–Kier alpha value is -0.590. The summed E-state index contributed by atoms with van der Waals surface area (Å²) in [7, 11) is 0. The van der Waals surface area contributed by atoms with Crippen LogP contribution in [0.2, 0.25) is 0 Å². The zero-order valence-corrected chi connectivity index (χ0v) is 14.2. The molecule has 0 saturated heterocycles. The molecule has 3 heteroatoms. The van der Waals surface area contributed by atoms with Crippen molar-refractivity contribution in [3.05, 3.63) is 0 Å². The van der Waals surface area contributed by atoms with E-state index in [1.54, 1.807) is 0 Å². The fraction of sp³-hybridized carbons (Fsp3) is 0.944. The van der Waals surface area contributed by atoms with Crippen molar-refractivity contribution in [1.82, 2.24) is 10.2 Å². The largest absolute Gasteiger partial charge is 0.300 e. The molecule has 2 fully saturated rings. The van der Waals surface area contributed by atoms with Gasteiger partial charge >= 0.3 is 0 Å². The van der Waals surface area contributed by atoms with Crippen LogP contribution in [0.1, 0.15) is 72.1 Å². The van der Waals surface area contributed by atoms with Gasteiger partial charge in [-0.25, -0.2) is 0 Å². The highest BCUT2D eigenvalue weighted by Crippen LogP contribution is 2.30. The predicted octanol–water partition coefficient (Wildman–Crippen LogP) is 3.70. The number of nitriles is 1. The van der Waals surface area contributed by atoms with Crippen molar-refractivity contribution in [2.75, 3.05) is 13.1 Å². The Balaban J connectivity index is 1.75. The second-order valence-corrected chi connectivity index (χ2v) is 7.52. The molecule has 2 aliphatic carbocycles.